The number of rotatable bonds is 1. The molecule has 0 aliphatic carbocycles. The number of nitrogens with zero attached hydrogens (tertiary/aromatic N) is 1. The van der Waals surface area contributed by atoms with Gasteiger partial charge in [-0.2, -0.15) is 0 Å². The van der Waals surface area contributed by atoms with Crippen molar-refractivity contribution in [2.45, 2.75) is 20.3 Å². The molecule has 2 atom stereocenters. The summed E-state index contributed by atoms with van der Waals surface area (Å²) in [6.45, 7) is 6.92. The molecule has 3 rings (SSSR count). The van der Waals surface area contributed by atoms with E-state index in [-0.39, 0.29) is 0 Å². The number of thiocarbonyl (C=S) groups is 1. The molecule has 1 fully saturated rings. The zero-order valence-electron chi connectivity index (χ0n) is 11.9. The van der Waals surface area contributed by atoms with Crippen LogP contribution in [0, 0.1) is 11.8 Å². The summed E-state index contributed by atoms with van der Waals surface area (Å²) in [5.74, 6) is 2.95. The number of fused-ring (bicyclic) bond motifs is 1. The first kappa shape index (κ1) is 13.5. The lowest BCUT2D eigenvalue weighted by Crippen LogP contribution is -2.44. The Balaban J connectivity index is 1.66. The molecule has 2 unspecified atom stereocenters. The Morgan fingerprint density at radius 3 is 2.65 bits per heavy atom. The van der Waals surface area contributed by atoms with Crippen LogP contribution in [0.25, 0.3) is 0 Å². The molecule has 1 saturated heterocycles. The van der Waals surface area contributed by atoms with Crippen LogP contribution in [0.1, 0.15) is 20.3 Å². The second-order valence-electron chi connectivity index (χ2n) is 5.85. The van der Waals surface area contributed by atoms with Gasteiger partial charge < -0.3 is 19.7 Å². The van der Waals surface area contributed by atoms with Crippen LogP contribution >= 0.6 is 12.2 Å². The van der Waals surface area contributed by atoms with E-state index < -0.39 is 0 Å². The second kappa shape index (κ2) is 5.48. The van der Waals surface area contributed by atoms with Crippen LogP contribution < -0.4 is 14.8 Å². The molecule has 0 amide bonds. The van der Waals surface area contributed by atoms with Gasteiger partial charge in [0.05, 0.1) is 0 Å². The summed E-state index contributed by atoms with van der Waals surface area (Å²) < 4.78 is 10.7. The molecule has 5 heteroatoms. The van der Waals surface area contributed by atoms with Crippen LogP contribution in [0.3, 0.4) is 0 Å². The van der Waals surface area contributed by atoms with E-state index in [1.807, 2.05) is 18.2 Å². The molecular formula is C15H20N2O2S. The standard InChI is InChI=1S/C15H20N2O2S/c1-10-5-11(2)8-17(7-10)15(20)16-12-3-4-13-14(6-12)19-9-18-13/h3-4,6,10-11H,5,7-9H2,1-2H3,(H,16,20). The Labute approximate surface area is 125 Å². The molecule has 1 N–H and O–H groups in total. The summed E-state index contributed by atoms with van der Waals surface area (Å²) in [6.07, 6.45) is 1.28. The first-order valence-electron chi connectivity index (χ1n) is 7.07. The van der Waals surface area contributed by atoms with E-state index in [2.05, 4.69) is 24.1 Å². The van der Waals surface area contributed by atoms with Crippen LogP contribution in [0.2, 0.25) is 0 Å². The fraction of sp³-hybridized carbons (Fsp3) is 0.533. The number of ether oxygens (including phenoxy) is 2. The van der Waals surface area contributed by atoms with Gasteiger partial charge >= 0.3 is 0 Å². The molecule has 0 spiro atoms. The monoisotopic (exact) mass is 292 g/mol. The number of nitrogens with one attached hydrogen (secondary N) is 1. The van der Waals surface area contributed by atoms with Crippen LogP contribution in [-0.2, 0) is 0 Å². The van der Waals surface area contributed by atoms with E-state index in [1.165, 1.54) is 6.42 Å². The highest BCUT2D eigenvalue weighted by Gasteiger charge is 2.23. The van der Waals surface area contributed by atoms with Crippen molar-refractivity contribution in [1.29, 1.82) is 0 Å². The first-order chi connectivity index (χ1) is 9.61. The highest BCUT2D eigenvalue weighted by Crippen LogP contribution is 2.34. The Morgan fingerprint density at radius 1 is 1.20 bits per heavy atom. The Hall–Kier alpha value is -1.49. The summed E-state index contributed by atoms with van der Waals surface area (Å²) in [7, 11) is 0. The number of hydrogen-bond donors (Lipinski definition) is 1. The number of likely N-dealkylation sites (tertiary alicyclic amines) is 1. The SMILES string of the molecule is CC1CC(C)CN(C(=S)Nc2ccc3c(c2)OCO3)C1. The maximum Gasteiger partial charge on any atom is 0.231 e. The summed E-state index contributed by atoms with van der Waals surface area (Å²) in [5.41, 5.74) is 0.949. The molecule has 2 aliphatic heterocycles. The van der Waals surface area contributed by atoms with E-state index in [1.54, 1.807) is 0 Å². The summed E-state index contributed by atoms with van der Waals surface area (Å²) in [6, 6.07) is 5.82. The minimum absolute atomic E-state index is 0.296. The van der Waals surface area contributed by atoms with Gasteiger partial charge in [-0.05, 0) is 42.6 Å². The molecular weight excluding hydrogens is 272 g/mol. The van der Waals surface area contributed by atoms with Gasteiger partial charge in [-0.25, -0.2) is 0 Å². The third kappa shape index (κ3) is 2.82. The smallest absolute Gasteiger partial charge is 0.231 e. The van der Waals surface area contributed by atoms with Crippen molar-refractivity contribution in [3.05, 3.63) is 18.2 Å². The van der Waals surface area contributed by atoms with Crippen LogP contribution in [0.15, 0.2) is 18.2 Å². The lowest BCUT2D eigenvalue weighted by Gasteiger charge is -2.36. The number of benzene rings is 1. The van der Waals surface area contributed by atoms with Crippen LogP contribution in [0.4, 0.5) is 5.69 Å². The van der Waals surface area contributed by atoms with Gasteiger partial charge in [-0.1, -0.05) is 13.8 Å². The van der Waals surface area contributed by atoms with Crippen molar-refractivity contribution in [1.82, 2.24) is 4.90 Å². The number of piperidine rings is 1. The minimum Gasteiger partial charge on any atom is -0.454 e. The quantitative estimate of drug-likeness (QED) is 0.805. The predicted molar refractivity (Wildman–Crippen MR) is 83.3 cm³/mol. The van der Waals surface area contributed by atoms with Crippen LogP contribution in [0.5, 0.6) is 11.5 Å². The predicted octanol–water partition coefficient (Wildman–Crippen LogP) is 3.09. The zero-order valence-corrected chi connectivity index (χ0v) is 12.7. The average Bonchev–Trinajstić information content (AvgIpc) is 2.85. The summed E-state index contributed by atoms with van der Waals surface area (Å²) in [5, 5.41) is 4.10. The molecule has 2 aliphatic rings. The van der Waals surface area contributed by atoms with Gasteiger partial charge in [0.1, 0.15) is 0 Å². The minimum atomic E-state index is 0.296. The van der Waals surface area contributed by atoms with Crippen molar-refractivity contribution in [2.75, 3.05) is 25.2 Å². The molecule has 20 heavy (non-hydrogen) atoms. The van der Waals surface area contributed by atoms with Gasteiger partial charge in [-0.3, -0.25) is 0 Å². The topological polar surface area (TPSA) is 33.7 Å². The van der Waals surface area contributed by atoms with E-state index in [9.17, 15) is 0 Å². The normalized spacial score (nSPS) is 24.6. The summed E-state index contributed by atoms with van der Waals surface area (Å²) in [4.78, 5) is 2.26. The number of hydrogen-bond acceptors (Lipinski definition) is 3. The molecule has 0 bridgehead atoms. The van der Waals surface area contributed by atoms with E-state index in [4.69, 9.17) is 21.7 Å². The molecule has 1 aromatic carbocycles. The van der Waals surface area contributed by atoms with Crippen LogP contribution in [-0.4, -0.2) is 29.9 Å². The van der Waals surface area contributed by atoms with Crippen molar-refractivity contribution >= 4 is 23.0 Å². The van der Waals surface area contributed by atoms with E-state index in [0.717, 1.165) is 35.4 Å². The molecule has 0 aromatic heterocycles. The lowest BCUT2D eigenvalue weighted by atomic mass is 9.92. The van der Waals surface area contributed by atoms with Gasteiger partial charge in [0, 0.05) is 24.8 Å². The second-order valence-corrected chi connectivity index (χ2v) is 6.24. The lowest BCUT2D eigenvalue weighted by molar-refractivity contribution is 0.174. The average molecular weight is 292 g/mol. The Morgan fingerprint density at radius 2 is 1.90 bits per heavy atom. The zero-order chi connectivity index (χ0) is 14.1. The van der Waals surface area contributed by atoms with Gasteiger partial charge in [0.25, 0.3) is 0 Å². The van der Waals surface area contributed by atoms with Crippen molar-refractivity contribution in [3.63, 3.8) is 0 Å². The van der Waals surface area contributed by atoms with E-state index in [0.29, 0.717) is 18.6 Å². The highest BCUT2D eigenvalue weighted by molar-refractivity contribution is 7.80. The summed E-state index contributed by atoms with van der Waals surface area (Å²) >= 11 is 5.53. The van der Waals surface area contributed by atoms with Crippen molar-refractivity contribution in [2.24, 2.45) is 11.8 Å². The number of anilines is 1. The molecule has 0 radical (unpaired) electrons. The maximum atomic E-state index is 5.53. The third-order valence-corrected chi connectivity index (χ3v) is 4.14. The van der Waals surface area contributed by atoms with Gasteiger partial charge in [-0.15, -0.1) is 0 Å². The largest absolute Gasteiger partial charge is 0.454 e. The maximum absolute atomic E-state index is 5.53. The molecule has 0 saturated carbocycles. The molecule has 1 aromatic rings. The molecule has 2 heterocycles. The van der Waals surface area contributed by atoms with Crippen molar-refractivity contribution < 1.29 is 9.47 Å². The van der Waals surface area contributed by atoms with E-state index >= 15 is 0 Å². The Kier molecular flexibility index (Phi) is 3.70. The molecule has 108 valence electrons. The van der Waals surface area contributed by atoms with Gasteiger partial charge in [0.15, 0.2) is 16.6 Å². The van der Waals surface area contributed by atoms with Crippen molar-refractivity contribution in [3.8, 4) is 11.5 Å². The molecule has 4 nitrogen and oxygen atoms in total. The fourth-order valence-electron chi connectivity index (χ4n) is 3.01. The fourth-order valence-corrected chi connectivity index (χ4v) is 3.27. The Bertz CT molecular complexity index is 511. The third-order valence-electron chi connectivity index (χ3n) is 3.78. The highest BCUT2D eigenvalue weighted by atomic mass is 32.1. The van der Waals surface area contributed by atoms with Gasteiger partial charge in [0.2, 0.25) is 6.79 Å². The first-order valence-corrected chi connectivity index (χ1v) is 7.48.